The molecule has 0 aromatic heterocycles. The zero-order valence-electron chi connectivity index (χ0n) is 5.18. The van der Waals surface area contributed by atoms with Crippen molar-refractivity contribution in [2.45, 2.75) is 0 Å². The van der Waals surface area contributed by atoms with Gasteiger partial charge in [-0.2, -0.15) is 0 Å². The van der Waals surface area contributed by atoms with E-state index in [1.807, 2.05) is 0 Å². The van der Waals surface area contributed by atoms with Gasteiger partial charge in [0.2, 0.25) is 0 Å². The van der Waals surface area contributed by atoms with E-state index >= 15 is 0 Å². The SMILES string of the molecule is O=C([O-])CCl.O=C([O-])CCl.[Mn+2]. The molecular formula is C4H4Cl2MnO4. The van der Waals surface area contributed by atoms with Crippen molar-refractivity contribution in [3.05, 3.63) is 0 Å². The first kappa shape index (κ1) is 17.2. The molecule has 4 nitrogen and oxygen atoms in total. The van der Waals surface area contributed by atoms with Gasteiger partial charge in [-0.25, -0.2) is 0 Å². The number of carboxylic acid groups (broad SMARTS) is 2. The number of carboxylic acids is 2. The zero-order chi connectivity index (χ0) is 8.57. The van der Waals surface area contributed by atoms with Gasteiger partial charge in [0.1, 0.15) is 0 Å². The molecule has 0 aliphatic carbocycles. The molecule has 0 saturated carbocycles. The summed E-state index contributed by atoms with van der Waals surface area (Å²) in [5, 5.41) is 18.2. The molecule has 0 atom stereocenters. The third-order valence-corrected chi connectivity index (χ3v) is 0.655. The molecule has 0 bridgehead atoms. The van der Waals surface area contributed by atoms with Crippen LogP contribution in [0.2, 0.25) is 0 Å². The second kappa shape index (κ2) is 12.7. The van der Waals surface area contributed by atoms with Crippen LogP contribution in [0.5, 0.6) is 0 Å². The third-order valence-electron chi connectivity index (χ3n) is 0.218. The van der Waals surface area contributed by atoms with Crippen LogP contribution in [0.3, 0.4) is 0 Å². The van der Waals surface area contributed by atoms with E-state index in [2.05, 4.69) is 23.2 Å². The molecule has 0 aliphatic rings. The Morgan fingerprint density at radius 3 is 1.09 bits per heavy atom. The van der Waals surface area contributed by atoms with Gasteiger partial charge < -0.3 is 19.8 Å². The molecule has 0 aliphatic heterocycles. The molecule has 11 heavy (non-hydrogen) atoms. The van der Waals surface area contributed by atoms with E-state index < -0.39 is 23.7 Å². The molecule has 0 amide bonds. The number of hydrogen-bond donors (Lipinski definition) is 0. The van der Waals surface area contributed by atoms with Gasteiger partial charge >= 0.3 is 17.1 Å². The first-order valence-corrected chi connectivity index (χ1v) is 3.13. The normalized spacial score (nSPS) is 6.73. The van der Waals surface area contributed by atoms with Gasteiger partial charge in [-0.05, 0) is 0 Å². The Morgan fingerprint density at radius 2 is 1.09 bits per heavy atom. The van der Waals surface area contributed by atoms with Gasteiger partial charge in [0, 0.05) is 0 Å². The summed E-state index contributed by atoms with van der Waals surface area (Å²) in [4.78, 5) is 18.2. The minimum Gasteiger partial charge on any atom is -0.549 e. The van der Waals surface area contributed by atoms with Crippen LogP contribution in [0.25, 0.3) is 0 Å². The van der Waals surface area contributed by atoms with Crippen molar-refractivity contribution in [2.75, 3.05) is 11.8 Å². The summed E-state index contributed by atoms with van der Waals surface area (Å²) in [7, 11) is 0. The number of alkyl halides is 2. The van der Waals surface area contributed by atoms with Gasteiger partial charge in [-0.1, -0.05) is 0 Å². The molecule has 1 radical (unpaired) electrons. The van der Waals surface area contributed by atoms with Crippen molar-refractivity contribution in [1.82, 2.24) is 0 Å². The van der Waals surface area contributed by atoms with E-state index in [1.54, 1.807) is 0 Å². The van der Waals surface area contributed by atoms with Crippen LogP contribution in [0.4, 0.5) is 0 Å². The van der Waals surface area contributed by atoms with Gasteiger partial charge in [-0.15, -0.1) is 23.2 Å². The molecule has 0 rings (SSSR count). The standard InChI is InChI=1S/2C2H3ClO2.Mn/c2*3-1-2(4)5;/h2*1H2,(H,4,5);/q;;+2/p-2. The van der Waals surface area contributed by atoms with E-state index in [9.17, 15) is 0 Å². The summed E-state index contributed by atoms with van der Waals surface area (Å²) in [6, 6.07) is 0. The summed E-state index contributed by atoms with van der Waals surface area (Å²) >= 11 is 9.35. The molecule has 0 unspecified atom stereocenters. The average molecular weight is 242 g/mol. The minimum absolute atomic E-state index is 0. The maximum Gasteiger partial charge on any atom is 2.00 e. The molecule has 0 saturated heterocycles. The van der Waals surface area contributed by atoms with Crippen LogP contribution >= 0.6 is 23.2 Å². The Labute approximate surface area is 84.0 Å². The van der Waals surface area contributed by atoms with Crippen LogP contribution in [0.15, 0.2) is 0 Å². The van der Waals surface area contributed by atoms with Gasteiger partial charge in [0.15, 0.2) is 0 Å². The molecule has 7 heteroatoms. The van der Waals surface area contributed by atoms with E-state index in [0.717, 1.165) is 0 Å². The Balaban J connectivity index is -0.000000107. The predicted molar refractivity (Wildman–Crippen MR) is 31.5 cm³/mol. The molecule has 0 aromatic rings. The van der Waals surface area contributed by atoms with Crippen molar-refractivity contribution in [3.63, 3.8) is 0 Å². The van der Waals surface area contributed by atoms with Crippen LogP contribution in [0.1, 0.15) is 0 Å². The molecule has 0 aromatic carbocycles. The summed E-state index contributed by atoms with van der Waals surface area (Å²) in [6.45, 7) is 0. The van der Waals surface area contributed by atoms with E-state index in [4.69, 9.17) is 19.8 Å². The van der Waals surface area contributed by atoms with Crippen LogP contribution in [0, 0.1) is 0 Å². The van der Waals surface area contributed by atoms with E-state index in [-0.39, 0.29) is 17.1 Å². The van der Waals surface area contributed by atoms with Gasteiger partial charge in [0.25, 0.3) is 0 Å². The van der Waals surface area contributed by atoms with Crippen molar-refractivity contribution in [2.24, 2.45) is 0 Å². The molecule has 0 N–H and O–H groups in total. The Morgan fingerprint density at radius 1 is 1.00 bits per heavy atom. The Hall–Kier alpha value is 0.0395. The number of carbonyl (C=O) groups excluding carboxylic acids is 2. The second-order valence-corrected chi connectivity index (χ2v) is 1.55. The minimum atomic E-state index is -1.23. The number of aliphatic carboxylic acids is 2. The van der Waals surface area contributed by atoms with Crippen LogP contribution < -0.4 is 10.2 Å². The molecule has 0 fully saturated rings. The number of hydrogen-bond acceptors (Lipinski definition) is 4. The fourth-order valence-electron chi connectivity index (χ4n) is 0. The maximum atomic E-state index is 9.12. The third kappa shape index (κ3) is 39.8. The van der Waals surface area contributed by atoms with Crippen molar-refractivity contribution in [1.29, 1.82) is 0 Å². The first-order valence-electron chi connectivity index (χ1n) is 2.06. The Bertz CT molecular complexity index is 105. The number of rotatable bonds is 2. The molecule has 0 spiro atoms. The molecule has 0 heterocycles. The molecular weight excluding hydrogens is 238 g/mol. The maximum absolute atomic E-state index is 9.12. The van der Waals surface area contributed by atoms with Crippen LogP contribution in [-0.2, 0) is 26.7 Å². The van der Waals surface area contributed by atoms with Crippen molar-refractivity contribution >= 4 is 35.1 Å². The largest absolute Gasteiger partial charge is 2.00 e. The van der Waals surface area contributed by atoms with Gasteiger partial charge in [0.05, 0.1) is 23.7 Å². The van der Waals surface area contributed by atoms with Crippen LogP contribution in [-0.4, -0.2) is 23.7 Å². The quantitative estimate of drug-likeness (QED) is 0.412. The molecule has 65 valence electrons. The van der Waals surface area contributed by atoms with Crippen molar-refractivity contribution < 1.29 is 36.9 Å². The summed E-state index contributed by atoms with van der Waals surface area (Å²) in [6.07, 6.45) is 0. The summed E-state index contributed by atoms with van der Waals surface area (Å²) in [5.74, 6) is -3.29. The van der Waals surface area contributed by atoms with E-state index in [0.29, 0.717) is 0 Å². The smallest absolute Gasteiger partial charge is 0.549 e. The first-order chi connectivity index (χ1) is 4.54. The summed E-state index contributed by atoms with van der Waals surface area (Å²) in [5.41, 5.74) is 0. The monoisotopic (exact) mass is 241 g/mol. The number of halogens is 2. The summed E-state index contributed by atoms with van der Waals surface area (Å²) < 4.78 is 0. The Kier molecular flexibility index (Phi) is 19.9. The number of carbonyl (C=O) groups is 2. The predicted octanol–water partition coefficient (Wildman–Crippen LogP) is -2.05. The fraction of sp³-hybridized carbons (Fsp3) is 0.500. The fourth-order valence-corrected chi connectivity index (χ4v) is 0. The van der Waals surface area contributed by atoms with Gasteiger partial charge in [-0.3, -0.25) is 0 Å². The topological polar surface area (TPSA) is 80.3 Å². The average Bonchev–Trinajstić information content (AvgIpc) is 1.89. The van der Waals surface area contributed by atoms with Crippen molar-refractivity contribution in [3.8, 4) is 0 Å². The van der Waals surface area contributed by atoms with E-state index in [1.165, 1.54) is 0 Å². The zero-order valence-corrected chi connectivity index (χ0v) is 7.87. The second-order valence-electron chi connectivity index (χ2n) is 1.01.